The third-order valence-corrected chi connectivity index (χ3v) is 5.46. The maximum Gasteiger partial charge on any atom is 0.226 e. The molecule has 1 amide bonds. The van der Waals surface area contributed by atoms with Gasteiger partial charge in [-0.3, -0.25) is 4.79 Å². The van der Waals surface area contributed by atoms with Gasteiger partial charge in [0.1, 0.15) is 16.9 Å². The van der Waals surface area contributed by atoms with Gasteiger partial charge in [-0.2, -0.15) is 5.26 Å². The molecule has 1 aliphatic rings. The predicted molar refractivity (Wildman–Crippen MR) is 103 cm³/mol. The Morgan fingerprint density at radius 1 is 1.35 bits per heavy atom. The minimum absolute atomic E-state index is 0.0763. The Kier molecular flexibility index (Phi) is 6.24. The van der Waals surface area contributed by atoms with E-state index >= 15 is 0 Å². The summed E-state index contributed by atoms with van der Waals surface area (Å²) in [4.78, 5) is 21.0. The van der Waals surface area contributed by atoms with Crippen molar-refractivity contribution < 1.29 is 4.79 Å². The van der Waals surface area contributed by atoms with Crippen molar-refractivity contribution in [1.29, 1.82) is 5.26 Å². The number of rotatable bonds is 5. The number of carbonyl (C=O) groups excluding carboxylic acids is 1. The molecule has 0 aliphatic heterocycles. The van der Waals surface area contributed by atoms with Crippen molar-refractivity contribution in [2.24, 2.45) is 0 Å². The van der Waals surface area contributed by atoms with Crippen LogP contribution in [0, 0.1) is 18.3 Å². The number of anilines is 1. The fourth-order valence-electron chi connectivity index (χ4n) is 3.03. The summed E-state index contributed by atoms with van der Waals surface area (Å²) in [6, 6.07) is 8.01. The minimum Gasteiger partial charge on any atom is -0.310 e. The molecule has 1 aliphatic carbocycles. The maximum atomic E-state index is 12.1. The number of aryl methyl sites for hydroxylation is 3. The SMILES string of the molecule is Cc1cccnc1NC(=O)CCSc1nc2c(cc1C#N)CCCCC2. The molecular formula is C20H22N4OS. The smallest absolute Gasteiger partial charge is 0.226 e. The van der Waals surface area contributed by atoms with E-state index in [1.165, 1.54) is 30.2 Å². The van der Waals surface area contributed by atoms with Gasteiger partial charge in [-0.1, -0.05) is 12.5 Å². The monoisotopic (exact) mass is 366 g/mol. The van der Waals surface area contributed by atoms with Gasteiger partial charge in [0.15, 0.2) is 0 Å². The lowest BCUT2D eigenvalue weighted by atomic mass is 10.1. The van der Waals surface area contributed by atoms with Crippen LogP contribution in [0.5, 0.6) is 0 Å². The van der Waals surface area contributed by atoms with Crippen LogP contribution in [0.2, 0.25) is 0 Å². The summed E-state index contributed by atoms with van der Waals surface area (Å²) in [6.45, 7) is 1.91. The molecule has 0 atom stereocenters. The average Bonchev–Trinajstić information content (AvgIpc) is 2.87. The lowest BCUT2D eigenvalue weighted by Gasteiger charge is -2.10. The number of hydrogen-bond acceptors (Lipinski definition) is 5. The molecule has 2 heterocycles. The van der Waals surface area contributed by atoms with Crippen LogP contribution in [0.25, 0.3) is 0 Å². The van der Waals surface area contributed by atoms with Crippen LogP contribution in [0.3, 0.4) is 0 Å². The molecule has 1 N–H and O–H groups in total. The average molecular weight is 366 g/mol. The standard InChI is InChI=1S/C20H22N4OS/c1-14-6-5-10-22-19(14)24-18(25)9-11-26-20-16(13-21)12-15-7-3-2-4-8-17(15)23-20/h5-6,10,12H,2-4,7-9,11H2,1H3,(H,22,24,25). The molecular weight excluding hydrogens is 344 g/mol. The fourth-order valence-corrected chi connectivity index (χ4v) is 3.95. The molecule has 0 unspecified atom stereocenters. The third kappa shape index (κ3) is 4.61. The van der Waals surface area contributed by atoms with Crippen LogP contribution in [0.1, 0.15) is 48.1 Å². The van der Waals surface area contributed by atoms with Crippen LogP contribution >= 0.6 is 11.8 Å². The van der Waals surface area contributed by atoms with Gasteiger partial charge < -0.3 is 5.32 Å². The Balaban J connectivity index is 1.61. The summed E-state index contributed by atoms with van der Waals surface area (Å²) in [5, 5.41) is 13.0. The first kappa shape index (κ1) is 18.4. The number of thioether (sulfide) groups is 1. The number of hydrogen-bond donors (Lipinski definition) is 1. The molecule has 6 heteroatoms. The van der Waals surface area contributed by atoms with Crippen molar-refractivity contribution in [3.63, 3.8) is 0 Å². The first-order valence-corrected chi connectivity index (χ1v) is 9.93. The van der Waals surface area contributed by atoms with Crippen molar-refractivity contribution in [2.75, 3.05) is 11.1 Å². The topological polar surface area (TPSA) is 78.7 Å². The molecule has 5 nitrogen and oxygen atoms in total. The van der Waals surface area contributed by atoms with E-state index in [-0.39, 0.29) is 5.91 Å². The zero-order chi connectivity index (χ0) is 18.4. The zero-order valence-electron chi connectivity index (χ0n) is 14.9. The van der Waals surface area contributed by atoms with Crippen molar-refractivity contribution in [3.8, 4) is 6.07 Å². The second-order valence-electron chi connectivity index (χ2n) is 6.43. The van der Waals surface area contributed by atoms with Gasteiger partial charge in [0.05, 0.1) is 5.56 Å². The number of fused-ring (bicyclic) bond motifs is 1. The molecule has 0 saturated heterocycles. The Morgan fingerprint density at radius 2 is 2.19 bits per heavy atom. The lowest BCUT2D eigenvalue weighted by Crippen LogP contribution is -2.14. The largest absolute Gasteiger partial charge is 0.310 e. The molecule has 0 bridgehead atoms. The van der Waals surface area contributed by atoms with E-state index in [4.69, 9.17) is 4.98 Å². The number of carbonyl (C=O) groups is 1. The number of pyridine rings is 2. The van der Waals surface area contributed by atoms with E-state index in [0.29, 0.717) is 23.6 Å². The molecule has 26 heavy (non-hydrogen) atoms. The van der Waals surface area contributed by atoms with E-state index in [9.17, 15) is 10.1 Å². The normalized spacial score (nSPS) is 13.4. The summed E-state index contributed by atoms with van der Waals surface area (Å²) in [7, 11) is 0. The predicted octanol–water partition coefficient (Wildman–Crippen LogP) is 4.05. The number of aromatic nitrogens is 2. The summed E-state index contributed by atoms with van der Waals surface area (Å²) in [6.07, 6.45) is 7.54. The van der Waals surface area contributed by atoms with Crippen molar-refractivity contribution >= 4 is 23.5 Å². The molecule has 0 radical (unpaired) electrons. The van der Waals surface area contributed by atoms with Gasteiger partial charge in [0.25, 0.3) is 0 Å². The highest BCUT2D eigenvalue weighted by molar-refractivity contribution is 7.99. The lowest BCUT2D eigenvalue weighted by molar-refractivity contribution is -0.115. The van der Waals surface area contributed by atoms with Crippen molar-refractivity contribution in [2.45, 2.75) is 50.5 Å². The summed E-state index contributed by atoms with van der Waals surface area (Å²) < 4.78 is 0. The van der Waals surface area contributed by atoms with Gasteiger partial charge in [-0.15, -0.1) is 11.8 Å². The van der Waals surface area contributed by atoms with Gasteiger partial charge in [-0.25, -0.2) is 9.97 Å². The second kappa shape index (κ2) is 8.81. The van der Waals surface area contributed by atoms with Crippen LogP contribution in [0.4, 0.5) is 5.82 Å². The molecule has 134 valence electrons. The van der Waals surface area contributed by atoms with E-state index in [1.807, 2.05) is 25.1 Å². The zero-order valence-corrected chi connectivity index (χ0v) is 15.7. The van der Waals surface area contributed by atoms with Gasteiger partial charge in [0.2, 0.25) is 5.91 Å². The maximum absolute atomic E-state index is 12.1. The third-order valence-electron chi connectivity index (χ3n) is 4.47. The summed E-state index contributed by atoms with van der Waals surface area (Å²) in [5.41, 5.74) is 3.90. The van der Waals surface area contributed by atoms with Crippen LogP contribution in [0.15, 0.2) is 29.4 Å². The van der Waals surface area contributed by atoms with Gasteiger partial charge in [-0.05, 0) is 55.9 Å². The minimum atomic E-state index is -0.0763. The quantitative estimate of drug-likeness (QED) is 0.638. The first-order valence-electron chi connectivity index (χ1n) is 8.94. The van der Waals surface area contributed by atoms with Gasteiger partial charge in [0, 0.05) is 24.1 Å². The van der Waals surface area contributed by atoms with Crippen LogP contribution in [-0.2, 0) is 17.6 Å². The molecule has 3 rings (SSSR count). The van der Waals surface area contributed by atoms with Gasteiger partial charge >= 0.3 is 0 Å². The van der Waals surface area contributed by atoms with Crippen LogP contribution in [-0.4, -0.2) is 21.6 Å². The van der Waals surface area contributed by atoms with E-state index in [0.717, 1.165) is 35.5 Å². The molecule has 0 aromatic carbocycles. The van der Waals surface area contributed by atoms with Crippen LogP contribution < -0.4 is 5.32 Å². The Labute approximate surface area is 158 Å². The first-order chi connectivity index (χ1) is 12.7. The fraction of sp³-hybridized carbons (Fsp3) is 0.400. The van der Waals surface area contributed by atoms with Crippen molar-refractivity contribution in [3.05, 3.63) is 46.8 Å². The molecule has 0 spiro atoms. The van der Waals surface area contributed by atoms with E-state index in [1.54, 1.807) is 6.20 Å². The highest BCUT2D eigenvalue weighted by Crippen LogP contribution is 2.27. The Bertz CT molecular complexity index is 844. The van der Waals surface area contributed by atoms with E-state index < -0.39 is 0 Å². The highest BCUT2D eigenvalue weighted by atomic mass is 32.2. The number of nitrogens with zero attached hydrogens (tertiary/aromatic N) is 3. The summed E-state index contributed by atoms with van der Waals surface area (Å²) in [5.74, 6) is 1.11. The molecule has 0 saturated carbocycles. The highest BCUT2D eigenvalue weighted by Gasteiger charge is 2.15. The Hall–Kier alpha value is -2.39. The van der Waals surface area contributed by atoms with E-state index in [2.05, 4.69) is 16.4 Å². The summed E-state index contributed by atoms with van der Waals surface area (Å²) >= 11 is 1.48. The molecule has 2 aromatic heterocycles. The van der Waals surface area contributed by atoms with Crippen molar-refractivity contribution in [1.82, 2.24) is 9.97 Å². The Morgan fingerprint density at radius 3 is 3.00 bits per heavy atom. The molecule has 2 aromatic rings. The number of nitriles is 1. The molecule has 0 fully saturated rings. The second-order valence-corrected chi connectivity index (χ2v) is 7.52. The number of amides is 1. The number of nitrogens with one attached hydrogen (secondary N) is 1.